The van der Waals surface area contributed by atoms with E-state index in [1.165, 1.54) is 11.1 Å². The maximum absolute atomic E-state index is 6.47. The molecule has 0 bridgehead atoms. The quantitative estimate of drug-likeness (QED) is 0.795. The molecule has 0 N–H and O–H groups in total. The standard InChI is InChI=1S/C18H18ClNO/c19-16-8-6-15(7-9-16)18(10-11-20-12-17(18)20)21-13-14-4-2-1-3-5-14/h1-9,17H,10-13H2. The highest BCUT2D eigenvalue weighted by atomic mass is 35.5. The zero-order chi connectivity index (χ0) is 14.3. The van der Waals surface area contributed by atoms with Crippen molar-refractivity contribution in [2.75, 3.05) is 13.1 Å². The Balaban J connectivity index is 1.61. The lowest BCUT2D eigenvalue weighted by molar-refractivity contribution is -0.0569. The predicted octanol–water partition coefficient (Wildman–Crippen LogP) is 3.84. The predicted molar refractivity (Wildman–Crippen MR) is 84.3 cm³/mol. The van der Waals surface area contributed by atoms with E-state index in [4.69, 9.17) is 16.3 Å². The maximum Gasteiger partial charge on any atom is 0.111 e. The Morgan fingerprint density at radius 3 is 2.48 bits per heavy atom. The number of hydrogen-bond acceptors (Lipinski definition) is 2. The van der Waals surface area contributed by atoms with Crippen LogP contribution in [0.25, 0.3) is 0 Å². The molecular formula is C18H18ClNO. The molecule has 3 unspecified atom stereocenters. The Hall–Kier alpha value is -1.35. The van der Waals surface area contributed by atoms with E-state index in [9.17, 15) is 0 Å². The van der Waals surface area contributed by atoms with E-state index >= 15 is 0 Å². The van der Waals surface area contributed by atoms with Gasteiger partial charge in [-0.1, -0.05) is 54.1 Å². The Bertz CT molecular complexity index is 627. The Morgan fingerprint density at radius 1 is 1.10 bits per heavy atom. The lowest BCUT2D eigenvalue weighted by Crippen LogP contribution is -2.33. The Kier molecular flexibility index (Phi) is 3.26. The number of ether oxygens (including phenoxy) is 1. The molecule has 2 nitrogen and oxygen atoms in total. The van der Waals surface area contributed by atoms with Gasteiger partial charge in [0, 0.05) is 18.1 Å². The average Bonchev–Trinajstić information content (AvgIpc) is 3.23. The van der Waals surface area contributed by atoms with Crippen molar-refractivity contribution in [3.05, 3.63) is 70.7 Å². The average molecular weight is 300 g/mol. The van der Waals surface area contributed by atoms with E-state index in [2.05, 4.69) is 41.3 Å². The molecule has 2 aromatic carbocycles. The molecule has 2 fully saturated rings. The molecule has 2 aromatic rings. The fraction of sp³-hybridized carbons (Fsp3) is 0.333. The van der Waals surface area contributed by atoms with Crippen LogP contribution in [0.15, 0.2) is 54.6 Å². The van der Waals surface area contributed by atoms with Crippen LogP contribution < -0.4 is 0 Å². The van der Waals surface area contributed by atoms with Gasteiger partial charge in [-0.15, -0.1) is 0 Å². The first-order valence-electron chi connectivity index (χ1n) is 7.46. The lowest BCUT2D eigenvalue weighted by atomic mass is 9.88. The van der Waals surface area contributed by atoms with Gasteiger partial charge in [-0.25, -0.2) is 0 Å². The summed E-state index contributed by atoms with van der Waals surface area (Å²) >= 11 is 6.03. The van der Waals surface area contributed by atoms with Gasteiger partial charge in [0.2, 0.25) is 0 Å². The third-order valence-corrected chi connectivity index (χ3v) is 4.95. The summed E-state index contributed by atoms with van der Waals surface area (Å²) in [7, 11) is 0. The maximum atomic E-state index is 6.47. The summed E-state index contributed by atoms with van der Waals surface area (Å²) in [6.07, 6.45) is 1.06. The highest BCUT2D eigenvalue weighted by Crippen LogP contribution is 2.49. The van der Waals surface area contributed by atoms with Crippen LogP contribution in [0.4, 0.5) is 0 Å². The monoisotopic (exact) mass is 299 g/mol. The van der Waals surface area contributed by atoms with Crippen molar-refractivity contribution in [3.8, 4) is 0 Å². The third-order valence-electron chi connectivity index (χ3n) is 4.70. The van der Waals surface area contributed by atoms with Crippen LogP contribution >= 0.6 is 11.6 Å². The molecule has 0 spiro atoms. The fourth-order valence-corrected chi connectivity index (χ4v) is 3.57. The second-order valence-corrected chi connectivity index (χ2v) is 6.37. The van der Waals surface area contributed by atoms with Crippen molar-refractivity contribution in [2.45, 2.75) is 24.7 Å². The van der Waals surface area contributed by atoms with Crippen LogP contribution in [0.2, 0.25) is 5.02 Å². The normalized spacial score (nSPS) is 30.1. The van der Waals surface area contributed by atoms with Gasteiger partial charge in [0.25, 0.3) is 0 Å². The van der Waals surface area contributed by atoms with Crippen molar-refractivity contribution < 1.29 is 4.74 Å². The molecule has 0 aromatic heterocycles. The minimum atomic E-state index is -0.166. The fourth-order valence-electron chi connectivity index (χ4n) is 3.45. The van der Waals surface area contributed by atoms with Crippen molar-refractivity contribution in [1.29, 1.82) is 0 Å². The summed E-state index contributed by atoms with van der Waals surface area (Å²) in [6.45, 7) is 2.94. The van der Waals surface area contributed by atoms with Gasteiger partial charge in [0.15, 0.2) is 0 Å². The van der Waals surface area contributed by atoms with Gasteiger partial charge in [-0.3, -0.25) is 4.90 Å². The zero-order valence-electron chi connectivity index (χ0n) is 11.8. The minimum Gasteiger partial charge on any atom is -0.364 e. The molecule has 0 aliphatic carbocycles. The molecule has 4 rings (SSSR count). The van der Waals surface area contributed by atoms with E-state index in [1.54, 1.807) is 0 Å². The van der Waals surface area contributed by atoms with Crippen LogP contribution in [0, 0.1) is 0 Å². The Morgan fingerprint density at radius 2 is 1.86 bits per heavy atom. The summed E-state index contributed by atoms with van der Waals surface area (Å²) in [5.74, 6) is 0. The number of fused-ring (bicyclic) bond motifs is 1. The van der Waals surface area contributed by atoms with E-state index < -0.39 is 0 Å². The van der Waals surface area contributed by atoms with Gasteiger partial charge in [-0.05, 0) is 29.7 Å². The molecule has 21 heavy (non-hydrogen) atoms. The number of rotatable bonds is 4. The van der Waals surface area contributed by atoms with E-state index in [-0.39, 0.29) is 5.60 Å². The smallest absolute Gasteiger partial charge is 0.111 e. The van der Waals surface area contributed by atoms with Crippen LogP contribution in [0.1, 0.15) is 17.5 Å². The number of benzene rings is 2. The zero-order valence-corrected chi connectivity index (χ0v) is 12.6. The van der Waals surface area contributed by atoms with Crippen molar-refractivity contribution in [1.82, 2.24) is 4.90 Å². The van der Waals surface area contributed by atoms with Crippen LogP contribution in [0.5, 0.6) is 0 Å². The van der Waals surface area contributed by atoms with E-state index in [0.717, 1.165) is 24.5 Å². The molecular weight excluding hydrogens is 282 g/mol. The molecule has 108 valence electrons. The van der Waals surface area contributed by atoms with Gasteiger partial charge >= 0.3 is 0 Å². The number of nitrogens with zero attached hydrogens (tertiary/aromatic N) is 1. The number of hydrogen-bond donors (Lipinski definition) is 0. The second kappa shape index (κ2) is 5.13. The molecule has 2 aliphatic rings. The lowest BCUT2D eigenvalue weighted by Gasteiger charge is -2.31. The topological polar surface area (TPSA) is 12.2 Å². The summed E-state index contributed by atoms with van der Waals surface area (Å²) in [6, 6.07) is 19.1. The van der Waals surface area contributed by atoms with Crippen LogP contribution in [-0.4, -0.2) is 24.0 Å². The van der Waals surface area contributed by atoms with Gasteiger partial charge < -0.3 is 4.74 Å². The molecule has 2 heterocycles. The van der Waals surface area contributed by atoms with Gasteiger partial charge in [0.1, 0.15) is 5.60 Å². The molecule has 3 heteroatoms. The highest BCUT2D eigenvalue weighted by molar-refractivity contribution is 6.30. The van der Waals surface area contributed by atoms with Crippen molar-refractivity contribution in [2.24, 2.45) is 0 Å². The SMILES string of the molecule is Clc1ccc(C2(OCc3ccccc3)CCN3CC32)cc1. The molecule has 0 amide bonds. The van der Waals surface area contributed by atoms with Crippen LogP contribution in [-0.2, 0) is 16.9 Å². The first kappa shape index (κ1) is 13.3. The van der Waals surface area contributed by atoms with Crippen LogP contribution in [0.3, 0.4) is 0 Å². The molecule has 0 radical (unpaired) electrons. The molecule has 3 atom stereocenters. The summed E-state index contributed by atoms with van der Waals surface area (Å²) < 4.78 is 6.47. The summed E-state index contributed by atoms with van der Waals surface area (Å²) in [4.78, 5) is 2.49. The minimum absolute atomic E-state index is 0.166. The number of halogens is 1. The van der Waals surface area contributed by atoms with E-state index in [1.807, 2.05) is 18.2 Å². The van der Waals surface area contributed by atoms with Gasteiger partial charge in [0.05, 0.1) is 12.6 Å². The molecule has 2 aliphatic heterocycles. The molecule has 2 saturated heterocycles. The summed E-state index contributed by atoms with van der Waals surface area (Å²) in [5, 5.41) is 0.780. The molecule has 0 saturated carbocycles. The van der Waals surface area contributed by atoms with Crippen molar-refractivity contribution >= 4 is 11.6 Å². The highest BCUT2D eigenvalue weighted by Gasteiger charge is 2.58. The summed E-state index contributed by atoms with van der Waals surface area (Å²) in [5.41, 5.74) is 2.32. The van der Waals surface area contributed by atoms with Crippen molar-refractivity contribution in [3.63, 3.8) is 0 Å². The Labute approximate surface area is 130 Å². The largest absolute Gasteiger partial charge is 0.364 e. The second-order valence-electron chi connectivity index (χ2n) is 5.93. The van der Waals surface area contributed by atoms with Gasteiger partial charge in [-0.2, -0.15) is 0 Å². The first-order valence-corrected chi connectivity index (χ1v) is 7.84. The number of piperidine rings is 1. The first-order chi connectivity index (χ1) is 10.3. The third kappa shape index (κ3) is 2.38. The van der Waals surface area contributed by atoms with E-state index in [0.29, 0.717) is 12.6 Å².